The van der Waals surface area contributed by atoms with Gasteiger partial charge in [0.2, 0.25) is 12.7 Å². The summed E-state index contributed by atoms with van der Waals surface area (Å²) in [4.78, 5) is 21.0. The number of hydrogen-bond acceptors (Lipinski definition) is 4. The van der Waals surface area contributed by atoms with E-state index >= 15 is 0 Å². The van der Waals surface area contributed by atoms with E-state index in [0.717, 1.165) is 62.6 Å². The van der Waals surface area contributed by atoms with Crippen LogP contribution in [-0.2, 0) is 24.1 Å². The standard InChI is InChI=1S/C27H31N3O3/c31-27-14-22-13-26-25(32-18-33-26)12-20(22)8-11-30(27)17-19-7-10-29(16-19)9-3-4-21-15-28-24-6-2-1-5-23(21)24/h1-2,5-6,12-13,15,19,28H,3-4,7-11,14,16-18H2. The Labute approximate surface area is 194 Å². The smallest absolute Gasteiger partial charge is 0.231 e. The Morgan fingerprint density at radius 3 is 2.82 bits per heavy atom. The second kappa shape index (κ2) is 8.75. The number of carbonyl (C=O) groups excluding carboxylic acids is 1. The maximum atomic E-state index is 13.0. The van der Waals surface area contributed by atoms with Crippen molar-refractivity contribution in [2.24, 2.45) is 5.92 Å². The Morgan fingerprint density at radius 1 is 1.06 bits per heavy atom. The highest BCUT2D eigenvalue weighted by Crippen LogP contribution is 2.36. The molecule has 3 aliphatic rings. The summed E-state index contributed by atoms with van der Waals surface area (Å²) in [5.74, 6) is 2.40. The molecule has 2 aromatic carbocycles. The fourth-order valence-electron chi connectivity index (χ4n) is 5.68. The largest absolute Gasteiger partial charge is 0.454 e. The van der Waals surface area contributed by atoms with E-state index < -0.39 is 0 Å². The number of rotatable bonds is 6. The molecule has 1 fully saturated rings. The SMILES string of the molecule is O=C1Cc2cc3c(cc2CCN1CC1CCN(CCCc2c[nH]c4ccccc24)C1)OCO3. The second-order valence-corrected chi connectivity index (χ2v) is 9.66. The number of nitrogens with zero attached hydrogens (tertiary/aromatic N) is 2. The third-order valence-electron chi connectivity index (χ3n) is 7.48. The van der Waals surface area contributed by atoms with Crippen LogP contribution in [0.2, 0.25) is 0 Å². The van der Waals surface area contributed by atoms with Gasteiger partial charge in [0.1, 0.15) is 0 Å². The van der Waals surface area contributed by atoms with Crippen molar-refractivity contribution in [3.63, 3.8) is 0 Å². The van der Waals surface area contributed by atoms with E-state index in [-0.39, 0.29) is 12.7 Å². The number of amides is 1. The number of para-hydroxylation sites is 1. The lowest BCUT2D eigenvalue weighted by Crippen LogP contribution is -2.37. The van der Waals surface area contributed by atoms with E-state index in [0.29, 0.717) is 12.3 Å². The van der Waals surface area contributed by atoms with Gasteiger partial charge in [-0.1, -0.05) is 18.2 Å². The fourth-order valence-corrected chi connectivity index (χ4v) is 5.68. The van der Waals surface area contributed by atoms with E-state index in [2.05, 4.69) is 51.3 Å². The minimum Gasteiger partial charge on any atom is -0.454 e. The predicted octanol–water partition coefficient (Wildman–Crippen LogP) is 3.78. The third-order valence-corrected chi connectivity index (χ3v) is 7.48. The monoisotopic (exact) mass is 445 g/mol. The van der Waals surface area contributed by atoms with Gasteiger partial charge in [0.25, 0.3) is 0 Å². The quantitative estimate of drug-likeness (QED) is 0.627. The summed E-state index contributed by atoms with van der Waals surface area (Å²) in [7, 11) is 0. The molecule has 33 heavy (non-hydrogen) atoms. The molecule has 4 heterocycles. The van der Waals surface area contributed by atoms with E-state index in [1.807, 2.05) is 6.07 Å². The summed E-state index contributed by atoms with van der Waals surface area (Å²) in [6.45, 7) is 5.31. The lowest BCUT2D eigenvalue weighted by Gasteiger charge is -2.24. The van der Waals surface area contributed by atoms with Crippen LogP contribution in [0.25, 0.3) is 10.9 Å². The van der Waals surface area contributed by atoms with Crippen LogP contribution in [0.5, 0.6) is 11.5 Å². The van der Waals surface area contributed by atoms with Crippen LogP contribution >= 0.6 is 0 Å². The van der Waals surface area contributed by atoms with Crippen LogP contribution in [0, 0.1) is 5.92 Å². The zero-order chi connectivity index (χ0) is 22.2. The average Bonchev–Trinajstić information content (AvgIpc) is 3.54. The number of aromatic amines is 1. The molecule has 1 amide bonds. The number of benzene rings is 2. The maximum absolute atomic E-state index is 13.0. The zero-order valence-electron chi connectivity index (χ0n) is 19.0. The van der Waals surface area contributed by atoms with E-state index in [9.17, 15) is 4.79 Å². The first-order valence-corrected chi connectivity index (χ1v) is 12.2. The molecule has 0 spiro atoms. The molecule has 1 aromatic heterocycles. The van der Waals surface area contributed by atoms with Gasteiger partial charge in [-0.15, -0.1) is 0 Å². The number of fused-ring (bicyclic) bond motifs is 3. The molecule has 1 saturated heterocycles. The molecule has 6 heteroatoms. The molecule has 0 saturated carbocycles. The lowest BCUT2D eigenvalue weighted by molar-refractivity contribution is -0.130. The number of aryl methyl sites for hydroxylation is 1. The fraction of sp³-hybridized carbons (Fsp3) is 0.444. The van der Waals surface area contributed by atoms with Gasteiger partial charge in [-0.25, -0.2) is 0 Å². The average molecular weight is 446 g/mol. The molecule has 6 nitrogen and oxygen atoms in total. The number of nitrogens with one attached hydrogen (secondary N) is 1. The van der Waals surface area contributed by atoms with Crippen molar-refractivity contribution >= 4 is 16.8 Å². The van der Waals surface area contributed by atoms with E-state index in [4.69, 9.17) is 9.47 Å². The van der Waals surface area contributed by atoms with Gasteiger partial charge in [-0.05, 0) is 79.6 Å². The van der Waals surface area contributed by atoms with E-state index in [1.165, 1.54) is 34.9 Å². The van der Waals surface area contributed by atoms with Crippen molar-refractivity contribution in [1.82, 2.24) is 14.8 Å². The molecule has 0 bridgehead atoms. The Morgan fingerprint density at radius 2 is 1.91 bits per heavy atom. The highest BCUT2D eigenvalue weighted by atomic mass is 16.7. The summed E-state index contributed by atoms with van der Waals surface area (Å²) in [6, 6.07) is 12.6. The number of aromatic nitrogens is 1. The highest BCUT2D eigenvalue weighted by Gasteiger charge is 2.29. The molecule has 1 atom stereocenters. The third kappa shape index (κ3) is 4.20. The molecule has 0 radical (unpaired) electrons. The van der Waals surface area contributed by atoms with Crippen molar-refractivity contribution in [3.05, 3.63) is 59.3 Å². The molecule has 172 valence electrons. The van der Waals surface area contributed by atoms with Crippen LogP contribution in [0.4, 0.5) is 0 Å². The Bertz CT molecular complexity index is 1170. The Balaban J connectivity index is 1.00. The van der Waals surface area contributed by atoms with Crippen molar-refractivity contribution in [3.8, 4) is 11.5 Å². The van der Waals surface area contributed by atoms with Crippen molar-refractivity contribution in [2.45, 2.75) is 32.1 Å². The van der Waals surface area contributed by atoms with Gasteiger partial charge in [0.15, 0.2) is 11.5 Å². The van der Waals surface area contributed by atoms with E-state index in [1.54, 1.807) is 0 Å². The first-order valence-electron chi connectivity index (χ1n) is 12.2. The van der Waals surface area contributed by atoms with Crippen molar-refractivity contribution in [2.75, 3.05) is 39.5 Å². The number of ether oxygens (including phenoxy) is 2. The summed E-state index contributed by atoms with van der Waals surface area (Å²) in [5, 5.41) is 1.35. The predicted molar refractivity (Wildman–Crippen MR) is 128 cm³/mol. The van der Waals surface area contributed by atoms with Gasteiger partial charge in [-0.3, -0.25) is 4.79 Å². The summed E-state index contributed by atoms with van der Waals surface area (Å²) in [5.41, 5.74) is 4.96. The molecule has 1 N–H and O–H groups in total. The maximum Gasteiger partial charge on any atom is 0.231 e. The zero-order valence-corrected chi connectivity index (χ0v) is 19.0. The van der Waals surface area contributed by atoms with Gasteiger partial charge in [-0.2, -0.15) is 0 Å². The number of carbonyl (C=O) groups is 1. The normalized spacial score (nSPS) is 20.4. The Hall–Kier alpha value is -2.99. The topological polar surface area (TPSA) is 57.8 Å². The first-order chi connectivity index (χ1) is 16.2. The van der Waals surface area contributed by atoms with Crippen LogP contribution in [0.3, 0.4) is 0 Å². The summed E-state index contributed by atoms with van der Waals surface area (Å²) in [6.07, 6.45) is 6.96. The number of hydrogen-bond donors (Lipinski definition) is 1. The highest BCUT2D eigenvalue weighted by molar-refractivity contribution is 5.83. The van der Waals surface area contributed by atoms with Gasteiger partial charge in [0, 0.05) is 36.7 Å². The van der Waals surface area contributed by atoms with Crippen LogP contribution in [-0.4, -0.2) is 60.2 Å². The molecule has 3 aromatic rings. The van der Waals surface area contributed by atoms with Gasteiger partial charge in [0.05, 0.1) is 6.42 Å². The molecule has 3 aliphatic heterocycles. The molecular formula is C27H31N3O3. The van der Waals surface area contributed by atoms with Crippen molar-refractivity contribution < 1.29 is 14.3 Å². The molecule has 6 rings (SSSR count). The number of H-pyrrole nitrogens is 1. The molecule has 1 unspecified atom stereocenters. The minimum absolute atomic E-state index is 0.241. The summed E-state index contributed by atoms with van der Waals surface area (Å²) < 4.78 is 11.0. The second-order valence-electron chi connectivity index (χ2n) is 9.66. The van der Waals surface area contributed by atoms with Crippen LogP contribution in [0.15, 0.2) is 42.6 Å². The minimum atomic E-state index is 0.241. The van der Waals surface area contributed by atoms with Gasteiger partial charge >= 0.3 is 0 Å². The van der Waals surface area contributed by atoms with Crippen molar-refractivity contribution in [1.29, 1.82) is 0 Å². The lowest BCUT2D eigenvalue weighted by atomic mass is 10.0. The molecular weight excluding hydrogens is 414 g/mol. The van der Waals surface area contributed by atoms with Crippen LogP contribution < -0.4 is 9.47 Å². The summed E-state index contributed by atoms with van der Waals surface area (Å²) >= 11 is 0. The molecule has 0 aliphatic carbocycles. The number of likely N-dealkylation sites (tertiary alicyclic amines) is 1. The van der Waals surface area contributed by atoms with Crippen LogP contribution in [0.1, 0.15) is 29.5 Å². The Kier molecular flexibility index (Phi) is 5.46. The van der Waals surface area contributed by atoms with Gasteiger partial charge < -0.3 is 24.3 Å². The first kappa shape index (κ1) is 20.6.